The molecule has 4 nitrogen and oxygen atoms in total. The summed E-state index contributed by atoms with van der Waals surface area (Å²) < 4.78 is 6.01. The van der Waals surface area contributed by atoms with E-state index in [0.29, 0.717) is 35.4 Å². The molecule has 1 heterocycles. The van der Waals surface area contributed by atoms with E-state index in [0.717, 1.165) is 36.2 Å². The predicted molar refractivity (Wildman–Crippen MR) is 91.8 cm³/mol. The number of hydrogen-bond acceptors (Lipinski definition) is 4. The highest BCUT2D eigenvalue weighted by atomic mass is 35.5. The number of hydrogen-bond donors (Lipinski definition) is 1. The second-order valence-electron chi connectivity index (χ2n) is 6.67. The van der Waals surface area contributed by atoms with Gasteiger partial charge in [-0.25, -0.2) is 0 Å². The van der Waals surface area contributed by atoms with Crippen LogP contribution in [0.2, 0.25) is 10.0 Å². The number of allylic oxidation sites excluding steroid dienone is 1. The zero-order valence-electron chi connectivity index (χ0n) is 13.2. The molecule has 0 saturated heterocycles. The summed E-state index contributed by atoms with van der Waals surface area (Å²) in [7, 11) is 0. The smallest absolute Gasteiger partial charge is 0.135 e. The number of ether oxygens (including phenoxy) is 1. The van der Waals surface area contributed by atoms with Crippen molar-refractivity contribution in [2.24, 2.45) is 5.92 Å². The molecule has 2 saturated carbocycles. The van der Waals surface area contributed by atoms with Crippen LogP contribution in [0.15, 0.2) is 29.5 Å². The Morgan fingerprint density at radius 3 is 2.58 bits per heavy atom. The van der Waals surface area contributed by atoms with Gasteiger partial charge in [0.25, 0.3) is 0 Å². The second-order valence-corrected chi connectivity index (χ2v) is 7.48. The second kappa shape index (κ2) is 6.68. The number of ketones is 1. The highest BCUT2D eigenvalue weighted by Gasteiger charge is 2.40. The van der Waals surface area contributed by atoms with Crippen LogP contribution >= 0.6 is 23.2 Å². The molecule has 128 valence electrons. The molecule has 4 rings (SSSR count). The van der Waals surface area contributed by atoms with Crippen molar-refractivity contribution < 1.29 is 14.4 Å². The van der Waals surface area contributed by atoms with Crippen LogP contribution in [0.1, 0.15) is 43.7 Å². The van der Waals surface area contributed by atoms with E-state index in [1.54, 1.807) is 0 Å². The first-order chi connectivity index (χ1) is 11.6. The van der Waals surface area contributed by atoms with Crippen LogP contribution < -0.4 is 5.48 Å². The summed E-state index contributed by atoms with van der Waals surface area (Å²) in [5.41, 5.74) is 4.94. The summed E-state index contributed by atoms with van der Waals surface area (Å²) >= 11 is 12.8. The first-order valence-electron chi connectivity index (χ1n) is 8.36. The summed E-state index contributed by atoms with van der Waals surface area (Å²) in [4.78, 5) is 17.2. The van der Waals surface area contributed by atoms with E-state index in [9.17, 15) is 4.79 Å². The highest BCUT2D eigenvalue weighted by Crippen LogP contribution is 2.46. The summed E-state index contributed by atoms with van der Waals surface area (Å²) in [5.74, 6) is 1.69. The molecule has 1 aromatic rings. The SMILES string of the molecule is O=C1CCC(OCC2=C(C3CC3)ONC2c2c(Cl)cccc2Cl)C1. The van der Waals surface area contributed by atoms with Crippen LogP contribution in [-0.4, -0.2) is 18.5 Å². The lowest BCUT2D eigenvalue weighted by Crippen LogP contribution is -2.20. The average Bonchev–Trinajstić information content (AvgIpc) is 3.18. The fourth-order valence-electron chi connectivity index (χ4n) is 3.40. The third kappa shape index (κ3) is 3.21. The summed E-state index contributed by atoms with van der Waals surface area (Å²) in [5, 5.41) is 1.21. The summed E-state index contributed by atoms with van der Waals surface area (Å²) in [6, 6.07) is 5.27. The zero-order chi connectivity index (χ0) is 16.7. The van der Waals surface area contributed by atoms with Gasteiger partial charge in [0.1, 0.15) is 11.5 Å². The van der Waals surface area contributed by atoms with Crippen LogP contribution in [0.3, 0.4) is 0 Å². The topological polar surface area (TPSA) is 47.6 Å². The van der Waals surface area contributed by atoms with Crippen molar-refractivity contribution in [3.8, 4) is 0 Å². The first kappa shape index (κ1) is 16.4. The molecule has 0 bridgehead atoms. The molecule has 1 aliphatic heterocycles. The van der Waals surface area contributed by atoms with Gasteiger partial charge in [-0.05, 0) is 31.4 Å². The number of carbonyl (C=O) groups excluding carboxylic acids is 1. The molecule has 0 spiro atoms. The van der Waals surface area contributed by atoms with Gasteiger partial charge in [-0.3, -0.25) is 4.79 Å². The van der Waals surface area contributed by atoms with Crippen LogP contribution in [0.25, 0.3) is 0 Å². The van der Waals surface area contributed by atoms with Crippen molar-refractivity contribution >= 4 is 29.0 Å². The van der Waals surface area contributed by atoms with Crippen molar-refractivity contribution in [3.05, 3.63) is 45.1 Å². The Hall–Kier alpha value is -1.07. The molecule has 3 aliphatic rings. The van der Waals surface area contributed by atoms with Gasteiger partial charge in [0.05, 0.1) is 18.8 Å². The monoisotopic (exact) mass is 367 g/mol. The third-order valence-corrected chi connectivity index (χ3v) is 5.52. The zero-order valence-corrected chi connectivity index (χ0v) is 14.7. The number of halogens is 2. The highest BCUT2D eigenvalue weighted by molar-refractivity contribution is 6.36. The Bertz CT molecular complexity index is 679. The molecule has 0 aromatic heterocycles. The maximum absolute atomic E-state index is 11.4. The normalized spacial score (nSPS) is 27.0. The Morgan fingerprint density at radius 1 is 1.21 bits per heavy atom. The van der Waals surface area contributed by atoms with Gasteiger partial charge in [-0.15, -0.1) is 5.48 Å². The Kier molecular flexibility index (Phi) is 4.56. The number of rotatable bonds is 5. The molecule has 2 fully saturated rings. The van der Waals surface area contributed by atoms with Gasteiger partial charge in [0, 0.05) is 39.9 Å². The molecule has 6 heteroatoms. The predicted octanol–water partition coefficient (Wildman–Crippen LogP) is 4.37. The van der Waals surface area contributed by atoms with Gasteiger partial charge in [-0.1, -0.05) is 29.3 Å². The van der Waals surface area contributed by atoms with E-state index in [1.807, 2.05) is 18.2 Å². The van der Waals surface area contributed by atoms with Gasteiger partial charge in [0.15, 0.2) is 0 Å². The van der Waals surface area contributed by atoms with Crippen LogP contribution in [-0.2, 0) is 14.4 Å². The minimum absolute atomic E-state index is 0.00780. The lowest BCUT2D eigenvalue weighted by Gasteiger charge is -2.18. The van der Waals surface area contributed by atoms with E-state index in [4.69, 9.17) is 32.8 Å². The molecule has 0 radical (unpaired) electrons. The number of nitrogens with one attached hydrogen (secondary N) is 1. The van der Waals surface area contributed by atoms with E-state index < -0.39 is 0 Å². The molecule has 2 atom stereocenters. The van der Waals surface area contributed by atoms with Crippen molar-refractivity contribution in [1.29, 1.82) is 0 Å². The maximum atomic E-state index is 11.4. The quantitative estimate of drug-likeness (QED) is 0.838. The van der Waals surface area contributed by atoms with Crippen molar-refractivity contribution in [2.45, 2.75) is 44.2 Å². The molecule has 1 aromatic carbocycles. The molecular weight excluding hydrogens is 349 g/mol. The Labute approximate surface area is 151 Å². The average molecular weight is 368 g/mol. The molecule has 24 heavy (non-hydrogen) atoms. The Balaban J connectivity index is 1.58. The first-order valence-corrected chi connectivity index (χ1v) is 9.11. The van der Waals surface area contributed by atoms with Crippen molar-refractivity contribution in [2.75, 3.05) is 6.61 Å². The van der Waals surface area contributed by atoms with Crippen molar-refractivity contribution in [3.63, 3.8) is 0 Å². The van der Waals surface area contributed by atoms with E-state index in [-0.39, 0.29) is 17.9 Å². The van der Waals surface area contributed by atoms with Crippen molar-refractivity contribution in [1.82, 2.24) is 5.48 Å². The van der Waals surface area contributed by atoms with E-state index in [2.05, 4.69) is 5.48 Å². The van der Waals surface area contributed by atoms with Gasteiger partial charge in [0.2, 0.25) is 0 Å². The largest absolute Gasteiger partial charge is 0.412 e. The van der Waals surface area contributed by atoms with E-state index in [1.165, 1.54) is 0 Å². The Morgan fingerprint density at radius 2 is 1.96 bits per heavy atom. The number of carbonyl (C=O) groups is 1. The van der Waals surface area contributed by atoms with Crippen LogP contribution in [0.5, 0.6) is 0 Å². The van der Waals surface area contributed by atoms with Crippen LogP contribution in [0, 0.1) is 5.92 Å². The van der Waals surface area contributed by atoms with Crippen LogP contribution in [0.4, 0.5) is 0 Å². The minimum Gasteiger partial charge on any atom is -0.412 e. The fourth-order valence-corrected chi connectivity index (χ4v) is 4.01. The number of benzene rings is 1. The number of Topliss-reactive ketones (excluding diaryl/α,β-unsaturated/α-hetero) is 1. The molecule has 2 aliphatic carbocycles. The van der Waals surface area contributed by atoms with Gasteiger partial charge < -0.3 is 9.57 Å². The van der Waals surface area contributed by atoms with E-state index >= 15 is 0 Å². The summed E-state index contributed by atoms with van der Waals surface area (Å²) in [6.45, 7) is 0.434. The molecule has 0 amide bonds. The third-order valence-electron chi connectivity index (χ3n) is 4.86. The standard InChI is InChI=1S/C18H19Cl2NO3/c19-14-2-1-3-15(20)16(14)17-13(18(24-21-17)10-4-5-10)9-23-12-7-6-11(22)8-12/h1-3,10,12,17,21H,4-9H2. The maximum Gasteiger partial charge on any atom is 0.135 e. The number of hydroxylamine groups is 1. The molecule has 2 unspecified atom stereocenters. The molecule has 1 N–H and O–H groups in total. The fraction of sp³-hybridized carbons (Fsp3) is 0.500. The lowest BCUT2D eigenvalue weighted by molar-refractivity contribution is -0.118. The minimum atomic E-state index is -0.209. The lowest BCUT2D eigenvalue weighted by atomic mass is 9.98. The molecular formula is C18H19Cl2NO3. The summed E-state index contributed by atoms with van der Waals surface area (Å²) in [6.07, 6.45) is 4.20. The van der Waals surface area contributed by atoms with Gasteiger partial charge >= 0.3 is 0 Å². The van der Waals surface area contributed by atoms with Gasteiger partial charge in [-0.2, -0.15) is 0 Å².